The molecule has 0 unspecified atom stereocenters. The molecule has 2 aliphatic rings. The molecule has 2 aliphatic heterocycles. The summed E-state index contributed by atoms with van der Waals surface area (Å²) in [6.07, 6.45) is 2.43. The molecule has 0 radical (unpaired) electrons. The SMILES string of the molecule is Cc1ccc2[nH]c3c(c2c1)CN(CC[C@@H]1CN(C)CCN1C)CC3. The number of piperazine rings is 1. The minimum atomic E-state index is 0.704. The average Bonchev–Trinajstić information content (AvgIpc) is 2.93. The van der Waals surface area contributed by atoms with Gasteiger partial charge >= 0.3 is 0 Å². The molecule has 24 heavy (non-hydrogen) atoms. The van der Waals surface area contributed by atoms with Gasteiger partial charge in [0.2, 0.25) is 0 Å². The topological polar surface area (TPSA) is 25.5 Å². The molecule has 0 amide bonds. The van der Waals surface area contributed by atoms with Gasteiger partial charge in [0, 0.05) is 68.3 Å². The van der Waals surface area contributed by atoms with Crippen LogP contribution in [0.3, 0.4) is 0 Å². The van der Waals surface area contributed by atoms with Gasteiger partial charge in [0.05, 0.1) is 0 Å². The maximum atomic E-state index is 3.64. The molecule has 130 valence electrons. The van der Waals surface area contributed by atoms with Crippen LogP contribution in [0.25, 0.3) is 10.9 Å². The largest absolute Gasteiger partial charge is 0.358 e. The second-order valence-electron chi connectivity index (χ2n) is 7.84. The van der Waals surface area contributed by atoms with Gasteiger partial charge in [-0.3, -0.25) is 4.90 Å². The first-order valence-corrected chi connectivity index (χ1v) is 9.31. The van der Waals surface area contributed by atoms with Gasteiger partial charge in [0.15, 0.2) is 0 Å². The van der Waals surface area contributed by atoms with Gasteiger partial charge in [-0.1, -0.05) is 11.6 Å². The number of hydrogen-bond donors (Lipinski definition) is 1. The third-order valence-corrected chi connectivity index (χ3v) is 5.97. The Bertz CT molecular complexity index is 720. The highest BCUT2D eigenvalue weighted by molar-refractivity contribution is 5.85. The highest BCUT2D eigenvalue weighted by atomic mass is 15.3. The number of benzene rings is 1. The fraction of sp³-hybridized carbons (Fsp3) is 0.600. The first kappa shape index (κ1) is 16.1. The molecule has 4 nitrogen and oxygen atoms in total. The minimum absolute atomic E-state index is 0.704. The maximum Gasteiger partial charge on any atom is 0.0459 e. The van der Waals surface area contributed by atoms with Crippen molar-refractivity contribution in [2.45, 2.75) is 32.4 Å². The lowest BCUT2D eigenvalue weighted by atomic mass is 10.0. The third kappa shape index (κ3) is 3.10. The van der Waals surface area contributed by atoms with Crippen molar-refractivity contribution in [3.8, 4) is 0 Å². The first-order valence-electron chi connectivity index (χ1n) is 9.31. The summed E-state index contributed by atoms with van der Waals surface area (Å²) < 4.78 is 0. The van der Waals surface area contributed by atoms with Crippen molar-refractivity contribution in [2.24, 2.45) is 0 Å². The van der Waals surface area contributed by atoms with Crippen LogP contribution >= 0.6 is 0 Å². The number of H-pyrrole nitrogens is 1. The fourth-order valence-electron chi connectivity index (χ4n) is 4.32. The van der Waals surface area contributed by atoms with Crippen LogP contribution in [0.2, 0.25) is 0 Å². The Hall–Kier alpha value is -1.36. The molecular weight excluding hydrogens is 296 g/mol. The zero-order valence-corrected chi connectivity index (χ0v) is 15.3. The lowest BCUT2D eigenvalue weighted by molar-refractivity contribution is 0.0968. The Morgan fingerprint density at radius 2 is 2.04 bits per heavy atom. The number of nitrogens with one attached hydrogen (secondary N) is 1. The molecular formula is C20H30N4. The molecule has 2 aromatic rings. The molecule has 3 heterocycles. The Morgan fingerprint density at radius 3 is 2.92 bits per heavy atom. The van der Waals surface area contributed by atoms with Crippen LogP contribution in [-0.4, -0.2) is 72.5 Å². The maximum absolute atomic E-state index is 3.64. The van der Waals surface area contributed by atoms with E-state index in [9.17, 15) is 0 Å². The van der Waals surface area contributed by atoms with Crippen molar-refractivity contribution in [3.63, 3.8) is 0 Å². The Labute approximate surface area is 145 Å². The lowest BCUT2D eigenvalue weighted by Crippen LogP contribution is -2.51. The molecule has 0 saturated carbocycles. The third-order valence-electron chi connectivity index (χ3n) is 5.97. The number of aryl methyl sites for hydroxylation is 1. The van der Waals surface area contributed by atoms with E-state index in [0.717, 1.165) is 13.0 Å². The summed E-state index contributed by atoms with van der Waals surface area (Å²) in [6, 6.07) is 7.49. The number of aromatic amines is 1. The fourth-order valence-corrected chi connectivity index (χ4v) is 4.32. The standard InChI is InChI=1S/C20H30N4/c1-15-4-5-19-17(12-15)18-14-24(9-7-20(18)21-19)8-6-16-13-22(2)10-11-23(16)3/h4-5,12,16,21H,6-11,13-14H2,1-3H3/t16-/m1/s1. The summed E-state index contributed by atoms with van der Waals surface area (Å²) in [5, 5.41) is 1.43. The molecule has 0 aliphatic carbocycles. The number of fused-ring (bicyclic) bond motifs is 3. The van der Waals surface area contributed by atoms with Crippen molar-refractivity contribution in [1.82, 2.24) is 19.7 Å². The van der Waals surface area contributed by atoms with Crippen LogP contribution in [0.1, 0.15) is 23.2 Å². The van der Waals surface area contributed by atoms with E-state index in [1.807, 2.05) is 0 Å². The zero-order chi connectivity index (χ0) is 16.7. The normalized spacial score (nSPS) is 23.7. The molecule has 0 bridgehead atoms. The molecule has 1 aromatic heterocycles. The van der Waals surface area contributed by atoms with Gasteiger partial charge in [0.25, 0.3) is 0 Å². The van der Waals surface area contributed by atoms with Crippen molar-refractivity contribution >= 4 is 10.9 Å². The lowest BCUT2D eigenvalue weighted by Gasteiger charge is -2.39. The molecule has 0 spiro atoms. The zero-order valence-electron chi connectivity index (χ0n) is 15.3. The van der Waals surface area contributed by atoms with Crippen molar-refractivity contribution < 1.29 is 0 Å². The van der Waals surface area contributed by atoms with Crippen molar-refractivity contribution in [2.75, 3.05) is 46.8 Å². The van der Waals surface area contributed by atoms with Gasteiger partial charge in [-0.15, -0.1) is 0 Å². The monoisotopic (exact) mass is 326 g/mol. The number of nitrogens with zero attached hydrogens (tertiary/aromatic N) is 3. The number of hydrogen-bond acceptors (Lipinski definition) is 3. The van der Waals surface area contributed by atoms with Gasteiger partial charge in [-0.2, -0.15) is 0 Å². The van der Waals surface area contributed by atoms with Gasteiger partial charge < -0.3 is 14.8 Å². The molecule has 1 N–H and O–H groups in total. The van der Waals surface area contributed by atoms with Crippen LogP contribution in [-0.2, 0) is 13.0 Å². The van der Waals surface area contributed by atoms with Gasteiger partial charge in [-0.25, -0.2) is 0 Å². The second-order valence-corrected chi connectivity index (χ2v) is 7.84. The molecule has 4 rings (SSSR count). The van der Waals surface area contributed by atoms with Crippen molar-refractivity contribution in [3.05, 3.63) is 35.0 Å². The summed E-state index contributed by atoms with van der Waals surface area (Å²) in [5.41, 5.74) is 5.66. The van der Waals surface area contributed by atoms with E-state index < -0.39 is 0 Å². The number of aromatic nitrogens is 1. The summed E-state index contributed by atoms with van der Waals surface area (Å²) >= 11 is 0. The number of rotatable bonds is 3. The molecule has 1 atom stereocenters. The van der Waals surface area contributed by atoms with Crippen molar-refractivity contribution in [1.29, 1.82) is 0 Å². The van der Waals surface area contributed by atoms with Crippen LogP contribution in [0.5, 0.6) is 0 Å². The Morgan fingerprint density at radius 1 is 1.17 bits per heavy atom. The van der Waals surface area contributed by atoms with Gasteiger partial charge in [-0.05, 0) is 45.1 Å². The highest BCUT2D eigenvalue weighted by Crippen LogP contribution is 2.28. The van der Waals surface area contributed by atoms with E-state index in [2.05, 4.69) is 58.9 Å². The van der Waals surface area contributed by atoms with E-state index >= 15 is 0 Å². The predicted octanol–water partition coefficient (Wildman–Crippen LogP) is 2.47. The molecule has 4 heteroatoms. The number of likely N-dealkylation sites (N-methyl/N-ethyl adjacent to an activating group) is 2. The van der Waals surface area contributed by atoms with E-state index in [0.29, 0.717) is 6.04 Å². The summed E-state index contributed by atoms with van der Waals surface area (Å²) in [7, 11) is 4.54. The highest BCUT2D eigenvalue weighted by Gasteiger charge is 2.25. The van der Waals surface area contributed by atoms with E-state index in [1.54, 1.807) is 0 Å². The van der Waals surface area contributed by atoms with Gasteiger partial charge in [0.1, 0.15) is 0 Å². The second kappa shape index (κ2) is 6.51. The molecule has 1 saturated heterocycles. The van der Waals surface area contributed by atoms with Crippen LogP contribution < -0.4 is 0 Å². The van der Waals surface area contributed by atoms with E-state index in [4.69, 9.17) is 0 Å². The summed E-state index contributed by atoms with van der Waals surface area (Å²) in [4.78, 5) is 11.3. The van der Waals surface area contributed by atoms with E-state index in [-0.39, 0.29) is 0 Å². The quantitative estimate of drug-likeness (QED) is 0.938. The minimum Gasteiger partial charge on any atom is -0.358 e. The van der Waals surface area contributed by atoms with Crippen LogP contribution in [0, 0.1) is 6.92 Å². The average molecular weight is 326 g/mol. The van der Waals surface area contributed by atoms with Crippen LogP contribution in [0.4, 0.5) is 0 Å². The Balaban J connectivity index is 1.44. The molecule has 1 fully saturated rings. The molecule has 1 aromatic carbocycles. The Kier molecular flexibility index (Phi) is 4.37. The van der Waals surface area contributed by atoms with Crippen LogP contribution in [0.15, 0.2) is 18.2 Å². The summed E-state index contributed by atoms with van der Waals surface area (Å²) in [6.45, 7) is 9.30. The summed E-state index contributed by atoms with van der Waals surface area (Å²) in [5.74, 6) is 0. The predicted molar refractivity (Wildman–Crippen MR) is 101 cm³/mol. The first-order chi connectivity index (χ1) is 11.6. The smallest absolute Gasteiger partial charge is 0.0459 e. The van der Waals surface area contributed by atoms with E-state index in [1.165, 1.54) is 66.9 Å².